The third kappa shape index (κ3) is 10.5. The van der Waals surface area contributed by atoms with E-state index in [1.807, 2.05) is 12.2 Å². The fourth-order valence-electron chi connectivity index (χ4n) is 9.36. The topological polar surface area (TPSA) is 216 Å². The highest BCUT2D eigenvalue weighted by Gasteiger charge is 2.64. The van der Waals surface area contributed by atoms with Crippen molar-refractivity contribution in [3.05, 3.63) is 41.6 Å². The molecule has 0 bridgehead atoms. The van der Waals surface area contributed by atoms with E-state index in [2.05, 4.69) is 25.1 Å². The van der Waals surface area contributed by atoms with E-state index in [9.17, 15) is 49.2 Å². The van der Waals surface area contributed by atoms with Gasteiger partial charge in [0.05, 0.1) is 33.0 Å². The molecule has 2 saturated carbocycles. The van der Waals surface area contributed by atoms with Gasteiger partial charge >= 0.3 is 12.5 Å². The highest BCUT2D eigenvalue weighted by Crippen LogP contribution is 2.49. The van der Waals surface area contributed by atoms with Gasteiger partial charge in [-0.1, -0.05) is 25.0 Å². The van der Waals surface area contributed by atoms with E-state index in [4.69, 9.17) is 9.47 Å². The summed E-state index contributed by atoms with van der Waals surface area (Å²) in [6, 6.07) is 2.75. The van der Waals surface area contributed by atoms with Crippen molar-refractivity contribution in [2.45, 2.75) is 163 Å². The van der Waals surface area contributed by atoms with Gasteiger partial charge in [0.2, 0.25) is 15.9 Å². The standard InChI is InChI=1S/C45H60F3N5O11S2/c1-28(2)65(58,59)21-20-40(4,5)64-39(57)51-42(27-54)16-11-9-7-8-10-12-30-23-44(30,38(56)52-66(60,61)41(6)18-19-41)50-37(55)35-24-43(26-53(35)25-42)17-15-32-33-22-31(62-45(46,47)48)13-14-34(33)49-29(3)36(32)63-43/h10,12-14,22,27-28,30,35H,7-9,11,15-21,23-26H2,1-6H3,(H,50,55)(H,51,57)(H,52,56)/b12-10-/t30-,35+,42+,43-,44-/m1/s1. The Kier molecular flexibility index (Phi) is 13.1. The highest BCUT2D eigenvalue weighted by molar-refractivity contribution is 7.92. The van der Waals surface area contributed by atoms with Crippen molar-refractivity contribution in [3.8, 4) is 11.5 Å². The summed E-state index contributed by atoms with van der Waals surface area (Å²) in [5, 5.41) is 5.46. The average molecular weight is 968 g/mol. The lowest BCUT2D eigenvalue weighted by Crippen LogP contribution is -2.61. The van der Waals surface area contributed by atoms with Gasteiger partial charge in [0.1, 0.15) is 40.1 Å². The zero-order chi connectivity index (χ0) is 48.3. The van der Waals surface area contributed by atoms with Crippen molar-refractivity contribution in [2.75, 3.05) is 18.8 Å². The number of alkyl carbamates (subject to hydrolysis) is 1. The second-order valence-corrected chi connectivity index (χ2v) is 24.9. The Labute approximate surface area is 383 Å². The molecule has 1 aromatic carbocycles. The monoisotopic (exact) mass is 967 g/mol. The molecule has 2 aromatic rings. The number of alkyl halides is 3. The molecule has 3 amide bonds. The van der Waals surface area contributed by atoms with Crippen LogP contribution >= 0.6 is 0 Å². The smallest absolute Gasteiger partial charge is 0.484 e. The molecule has 5 atom stereocenters. The molecule has 1 spiro atoms. The number of aromatic nitrogens is 1. The third-order valence-corrected chi connectivity index (χ3v) is 18.3. The summed E-state index contributed by atoms with van der Waals surface area (Å²) in [7, 11) is -7.55. The molecule has 7 rings (SSSR count). The minimum Gasteiger partial charge on any atom is -0.484 e. The van der Waals surface area contributed by atoms with Crippen LogP contribution in [0, 0.1) is 12.8 Å². The zero-order valence-electron chi connectivity index (χ0n) is 38.1. The molecular weight excluding hydrogens is 908 g/mol. The van der Waals surface area contributed by atoms with Gasteiger partial charge in [-0.15, -0.1) is 13.2 Å². The van der Waals surface area contributed by atoms with Crippen LogP contribution in [0.2, 0.25) is 0 Å². The first-order valence-electron chi connectivity index (χ1n) is 22.5. The zero-order valence-corrected chi connectivity index (χ0v) is 39.8. The van der Waals surface area contributed by atoms with Crippen LogP contribution in [0.1, 0.15) is 117 Å². The van der Waals surface area contributed by atoms with Crippen molar-refractivity contribution < 1.29 is 63.4 Å². The van der Waals surface area contributed by atoms with Gasteiger partial charge in [0, 0.05) is 42.8 Å². The molecule has 66 heavy (non-hydrogen) atoms. The number of rotatable bonds is 11. The Balaban J connectivity index is 1.23. The summed E-state index contributed by atoms with van der Waals surface area (Å²) in [4.78, 5) is 62.6. The average Bonchev–Trinajstić information content (AvgIpc) is 4.11. The Morgan fingerprint density at radius 2 is 1.79 bits per heavy atom. The van der Waals surface area contributed by atoms with Crippen LogP contribution in [0.15, 0.2) is 30.4 Å². The van der Waals surface area contributed by atoms with Crippen molar-refractivity contribution in [3.63, 3.8) is 0 Å². The van der Waals surface area contributed by atoms with Crippen molar-refractivity contribution in [1.82, 2.24) is 25.2 Å². The van der Waals surface area contributed by atoms with E-state index in [0.29, 0.717) is 72.7 Å². The molecule has 3 N–H and O–H groups in total. The number of benzene rings is 1. The minimum absolute atomic E-state index is 0.00170. The number of halogens is 3. The molecule has 1 aromatic heterocycles. The van der Waals surface area contributed by atoms with Crippen LogP contribution in [0.3, 0.4) is 0 Å². The van der Waals surface area contributed by atoms with Gasteiger partial charge < -0.3 is 29.6 Å². The highest BCUT2D eigenvalue weighted by atomic mass is 32.2. The maximum absolute atomic E-state index is 14.9. The van der Waals surface area contributed by atoms with Crippen molar-refractivity contribution >= 4 is 55.0 Å². The number of amides is 3. The number of hydrogen-bond donors (Lipinski definition) is 3. The van der Waals surface area contributed by atoms with E-state index < -0.39 is 94.1 Å². The Bertz CT molecular complexity index is 2530. The second kappa shape index (κ2) is 17.5. The van der Waals surface area contributed by atoms with Crippen molar-refractivity contribution in [2.24, 2.45) is 5.92 Å². The number of allylic oxidation sites excluding steroid dienone is 1. The quantitative estimate of drug-likeness (QED) is 0.184. The number of pyridine rings is 1. The fraction of sp³-hybridized carbons (Fsp3) is 0.667. The molecule has 0 radical (unpaired) electrons. The SMILES string of the molecule is Cc1nc2ccc(OC(F)(F)F)cc2c2c1O[C@]1(CC2)C[C@H]2C(=O)N[C@]3(C(=O)NS(=O)(=O)C4(C)CC4)C[C@H]3/C=C\CCCCC[C@](C=O)(NC(=O)OC(C)(C)CCS(=O)(=O)C(C)C)CN2C1. The Hall–Kier alpha value is -4.50. The number of carbonyl (C=O) groups excluding carboxylic acids is 4. The fourth-order valence-corrected chi connectivity index (χ4v) is 11.9. The molecule has 2 aliphatic carbocycles. The number of sulfone groups is 1. The Morgan fingerprint density at radius 3 is 2.45 bits per heavy atom. The molecule has 16 nitrogen and oxygen atoms in total. The van der Waals surface area contributed by atoms with E-state index in [-0.39, 0.29) is 57.4 Å². The number of carbonyl (C=O) groups is 4. The summed E-state index contributed by atoms with van der Waals surface area (Å²) in [6.45, 7) is 9.29. The van der Waals surface area contributed by atoms with Crippen LogP contribution in [-0.4, -0.2) is 114 Å². The molecule has 3 fully saturated rings. The number of ether oxygens (including phenoxy) is 3. The number of nitrogens with one attached hydrogen (secondary N) is 3. The first-order valence-corrected chi connectivity index (χ1v) is 25.7. The first-order chi connectivity index (χ1) is 30.6. The van der Waals surface area contributed by atoms with Gasteiger partial charge in [0.15, 0.2) is 9.84 Å². The molecule has 5 aliphatic rings. The summed E-state index contributed by atoms with van der Waals surface area (Å²) in [5.41, 5.74) is -4.22. The number of fused-ring (bicyclic) bond motifs is 5. The molecule has 3 aliphatic heterocycles. The second-order valence-electron chi connectivity index (χ2n) is 20.0. The number of aldehydes is 1. The minimum atomic E-state index is -4.93. The lowest BCUT2D eigenvalue weighted by Gasteiger charge is -2.38. The van der Waals surface area contributed by atoms with Crippen LogP contribution in [0.5, 0.6) is 11.5 Å². The van der Waals surface area contributed by atoms with Crippen molar-refractivity contribution in [1.29, 1.82) is 0 Å². The predicted molar refractivity (Wildman–Crippen MR) is 237 cm³/mol. The van der Waals surface area contributed by atoms with Crippen LogP contribution in [0.25, 0.3) is 10.9 Å². The predicted octanol–water partition coefficient (Wildman–Crippen LogP) is 5.63. The van der Waals surface area contributed by atoms with E-state index >= 15 is 0 Å². The molecule has 364 valence electrons. The van der Waals surface area contributed by atoms with Crippen LogP contribution in [-0.2, 0) is 45.4 Å². The Morgan fingerprint density at radius 1 is 1.06 bits per heavy atom. The lowest BCUT2D eigenvalue weighted by atomic mass is 9.87. The van der Waals surface area contributed by atoms with Gasteiger partial charge in [-0.05, 0) is 111 Å². The normalized spacial score (nSPS) is 28.6. The number of sulfonamides is 1. The van der Waals surface area contributed by atoms with Crippen LogP contribution in [0.4, 0.5) is 18.0 Å². The van der Waals surface area contributed by atoms with E-state index in [1.54, 1.807) is 46.4 Å². The summed E-state index contributed by atoms with van der Waals surface area (Å²) in [6.07, 6.45) is 2.30. The maximum atomic E-state index is 14.9. The first kappa shape index (κ1) is 49.4. The summed E-state index contributed by atoms with van der Waals surface area (Å²) < 4.78 is 110. The summed E-state index contributed by atoms with van der Waals surface area (Å²) in [5.74, 6) is -2.39. The van der Waals surface area contributed by atoms with E-state index in [0.717, 1.165) is 0 Å². The summed E-state index contributed by atoms with van der Waals surface area (Å²) >= 11 is 0. The molecular formula is C45H60F3N5O11S2. The number of nitrogens with zero attached hydrogens (tertiary/aromatic N) is 2. The van der Waals surface area contributed by atoms with Gasteiger partial charge in [-0.3, -0.25) is 19.2 Å². The maximum Gasteiger partial charge on any atom is 0.573 e. The molecule has 0 unspecified atom stereocenters. The molecule has 1 saturated heterocycles. The lowest BCUT2D eigenvalue weighted by molar-refractivity contribution is -0.274. The number of aryl methyl sites for hydroxylation is 2. The van der Waals surface area contributed by atoms with Crippen LogP contribution < -0.4 is 24.8 Å². The van der Waals surface area contributed by atoms with E-state index in [1.165, 1.54) is 18.2 Å². The van der Waals surface area contributed by atoms with Gasteiger partial charge in [0.25, 0.3) is 5.91 Å². The molecule has 21 heteroatoms. The molecule has 4 heterocycles. The third-order valence-electron chi connectivity index (χ3n) is 14.0. The van der Waals surface area contributed by atoms with Gasteiger partial charge in [-0.25, -0.2) is 26.6 Å². The largest absolute Gasteiger partial charge is 0.573 e. The van der Waals surface area contributed by atoms with Gasteiger partial charge in [-0.2, -0.15) is 0 Å². The number of hydrogen-bond acceptors (Lipinski definition) is 13.